The predicted molar refractivity (Wildman–Crippen MR) is 85.5 cm³/mol. The van der Waals surface area contributed by atoms with E-state index in [2.05, 4.69) is 5.32 Å². The van der Waals surface area contributed by atoms with Gasteiger partial charge in [0.05, 0.1) is 23.7 Å². The number of halogens is 2. The Morgan fingerprint density at radius 3 is 2.90 bits per heavy atom. The summed E-state index contributed by atoms with van der Waals surface area (Å²) in [7, 11) is 1.62. The Morgan fingerprint density at radius 2 is 2.24 bits per heavy atom. The van der Waals surface area contributed by atoms with Gasteiger partial charge in [0, 0.05) is 24.6 Å². The van der Waals surface area contributed by atoms with Crippen LogP contribution in [-0.2, 0) is 4.79 Å². The molecule has 1 amide bonds. The standard InChI is InChI=1S/C15H20Cl2N2O2/c1-3-18-8-13(20)19-7-6-10(9-19)14-12(21-2)5-4-11(16)15(14)17/h4-5,10,18H,3,6-9H2,1-2H3/t10-/m0/s1. The third-order valence-electron chi connectivity index (χ3n) is 3.79. The lowest BCUT2D eigenvalue weighted by molar-refractivity contribution is -0.129. The molecule has 2 rings (SSSR count). The van der Waals surface area contributed by atoms with Crippen LogP contribution in [0.25, 0.3) is 0 Å². The summed E-state index contributed by atoms with van der Waals surface area (Å²) in [6, 6.07) is 3.56. The highest BCUT2D eigenvalue weighted by molar-refractivity contribution is 6.42. The van der Waals surface area contributed by atoms with Gasteiger partial charge < -0.3 is 15.0 Å². The molecule has 1 saturated heterocycles. The normalized spacial score (nSPS) is 18.1. The van der Waals surface area contributed by atoms with Gasteiger partial charge in [0.2, 0.25) is 5.91 Å². The minimum Gasteiger partial charge on any atom is -0.496 e. The number of hydrogen-bond acceptors (Lipinski definition) is 3. The van der Waals surface area contributed by atoms with E-state index in [1.165, 1.54) is 0 Å². The number of hydrogen-bond donors (Lipinski definition) is 1. The third kappa shape index (κ3) is 3.62. The Kier molecular flexibility index (Phi) is 5.73. The van der Waals surface area contributed by atoms with Gasteiger partial charge >= 0.3 is 0 Å². The van der Waals surface area contributed by atoms with Crippen LogP contribution >= 0.6 is 23.2 Å². The van der Waals surface area contributed by atoms with E-state index in [4.69, 9.17) is 27.9 Å². The molecule has 1 fully saturated rings. The highest BCUT2D eigenvalue weighted by Gasteiger charge is 2.30. The molecule has 1 aliphatic heterocycles. The van der Waals surface area contributed by atoms with Crippen LogP contribution in [0.2, 0.25) is 10.0 Å². The van der Waals surface area contributed by atoms with E-state index in [-0.39, 0.29) is 11.8 Å². The summed E-state index contributed by atoms with van der Waals surface area (Å²) in [4.78, 5) is 13.9. The average molecular weight is 331 g/mol. The van der Waals surface area contributed by atoms with Gasteiger partial charge in [-0.25, -0.2) is 0 Å². The number of amides is 1. The Morgan fingerprint density at radius 1 is 1.48 bits per heavy atom. The maximum absolute atomic E-state index is 12.1. The largest absolute Gasteiger partial charge is 0.496 e. The monoisotopic (exact) mass is 330 g/mol. The van der Waals surface area contributed by atoms with Gasteiger partial charge in [0.25, 0.3) is 0 Å². The lowest BCUT2D eigenvalue weighted by Crippen LogP contribution is -2.36. The molecule has 1 aliphatic rings. The number of methoxy groups -OCH3 is 1. The number of carbonyl (C=O) groups excluding carboxylic acids is 1. The van der Waals surface area contributed by atoms with Crippen LogP contribution in [0.5, 0.6) is 5.75 Å². The molecule has 1 atom stereocenters. The summed E-state index contributed by atoms with van der Waals surface area (Å²) in [5.41, 5.74) is 0.908. The Balaban J connectivity index is 2.14. The van der Waals surface area contributed by atoms with Gasteiger partial charge in [-0.3, -0.25) is 4.79 Å². The van der Waals surface area contributed by atoms with Gasteiger partial charge in [-0.2, -0.15) is 0 Å². The van der Waals surface area contributed by atoms with E-state index >= 15 is 0 Å². The molecule has 6 heteroatoms. The number of likely N-dealkylation sites (N-methyl/N-ethyl adjacent to an activating group) is 1. The third-order valence-corrected chi connectivity index (χ3v) is 4.61. The van der Waals surface area contributed by atoms with Gasteiger partial charge in [-0.1, -0.05) is 30.1 Å². The summed E-state index contributed by atoms with van der Waals surface area (Å²) in [5.74, 6) is 1.02. The summed E-state index contributed by atoms with van der Waals surface area (Å²) >= 11 is 12.5. The molecule has 1 N–H and O–H groups in total. The van der Waals surface area contributed by atoms with Crippen molar-refractivity contribution in [3.8, 4) is 5.75 Å². The molecular formula is C15H20Cl2N2O2. The summed E-state index contributed by atoms with van der Waals surface area (Å²) in [5, 5.41) is 4.11. The lowest BCUT2D eigenvalue weighted by atomic mass is 9.97. The van der Waals surface area contributed by atoms with Crippen LogP contribution < -0.4 is 10.1 Å². The van der Waals surface area contributed by atoms with Crippen molar-refractivity contribution in [2.45, 2.75) is 19.3 Å². The van der Waals surface area contributed by atoms with Crippen molar-refractivity contribution in [3.05, 3.63) is 27.7 Å². The molecule has 0 unspecified atom stereocenters. The van der Waals surface area contributed by atoms with Crippen molar-refractivity contribution in [3.63, 3.8) is 0 Å². The fourth-order valence-corrected chi connectivity index (χ4v) is 3.15. The zero-order chi connectivity index (χ0) is 15.4. The van der Waals surface area contributed by atoms with Crippen LogP contribution in [0.1, 0.15) is 24.8 Å². The quantitative estimate of drug-likeness (QED) is 0.902. The van der Waals surface area contributed by atoms with E-state index in [9.17, 15) is 4.79 Å². The molecule has 0 bridgehead atoms. The first-order valence-electron chi connectivity index (χ1n) is 7.08. The van der Waals surface area contributed by atoms with Crippen molar-refractivity contribution in [2.24, 2.45) is 0 Å². The number of nitrogens with zero attached hydrogens (tertiary/aromatic N) is 1. The smallest absolute Gasteiger partial charge is 0.236 e. The van der Waals surface area contributed by atoms with Crippen molar-refractivity contribution < 1.29 is 9.53 Å². The van der Waals surface area contributed by atoms with Crippen LogP contribution in [0.3, 0.4) is 0 Å². The number of likely N-dealkylation sites (tertiary alicyclic amines) is 1. The van der Waals surface area contributed by atoms with E-state index in [0.29, 0.717) is 23.1 Å². The summed E-state index contributed by atoms with van der Waals surface area (Å²) < 4.78 is 5.40. The first-order chi connectivity index (χ1) is 10.1. The fourth-order valence-electron chi connectivity index (χ4n) is 2.67. The second kappa shape index (κ2) is 7.34. The molecule has 0 aliphatic carbocycles. The maximum Gasteiger partial charge on any atom is 0.236 e. The molecule has 4 nitrogen and oxygen atoms in total. The van der Waals surface area contributed by atoms with Crippen LogP contribution in [-0.4, -0.2) is 44.1 Å². The van der Waals surface area contributed by atoms with E-state index in [1.54, 1.807) is 13.2 Å². The number of ether oxygens (including phenoxy) is 1. The number of benzene rings is 1. The molecule has 1 aromatic carbocycles. The topological polar surface area (TPSA) is 41.6 Å². The first kappa shape index (κ1) is 16.4. The van der Waals surface area contributed by atoms with Gasteiger partial charge in [-0.15, -0.1) is 0 Å². The van der Waals surface area contributed by atoms with Crippen LogP contribution in [0, 0.1) is 0 Å². The molecule has 0 aromatic heterocycles. The molecule has 1 aromatic rings. The molecule has 0 radical (unpaired) electrons. The highest BCUT2D eigenvalue weighted by Crippen LogP contribution is 2.41. The van der Waals surface area contributed by atoms with Gasteiger partial charge in [-0.05, 0) is 25.1 Å². The minimum absolute atomic E-state index is 0.122. The molecule has 21 heavy (non-hydrogen) atoms. The Labute approximate surface area is 135 Å². The summed E-state index contributed by atoms with van der Waals surface area (Å²) in [6.07, 6.45) is 0.869. The van der Waals surface area contributed by atoms with Gasteiger partial charge in [0.15, 0.2) is 0 Å². The van der Waals surface area contributed by atoms with Crippen molar-refractivity contribution in [2.75, 3.05) is 33.3 Å². The predicted octanol–water partition coefficient (Wildman–Crippen LogP) is 2.93. The van der Waals surface area contributed by atoms with Crippen LogP contribution in [0.4, 0.5) is 0 Å². The fraction of sp³-hybridized carbons (Fsp3) is 0.533. The second-order valence-electron chi connectivity index (χ2n) is 5.08. The molecule has 0 spiro atoms. The van der Waals surface area contributed by atoms with Crippen molar-refractivity contribution >= 4 is 29.1 Å². The Bertz CT molecular complexity index is 523. The lowest BCUT2D eigenvalue weighted by Gasteiger charge is -2.19. The zero-order valence-corrected chi connectivity index (χ0v) is 13.8. The van der Waals surface area contributed by atoms with Crippen molar-refractivity contribution in [1.82, 2.24) is 10.2 Å². The zero-order valence-electron chi connectivity index (χ0n) is 12.3. The SMILES string of the molecule is CCNCC(=O)N1CC[C@H](c2c(OC)ccc(Cl)c2Cl)C1. The second-order valence-corrected chi connectivity index (χ2v) is 5.87. The van der Waals surface area contributed by atoms with Crippen LogP contribution in [0.15, 0.2) is 12.1 Å². The van der Waals surface area contributed by atoms with E-state index in [0.717, 1.165) is 30.8 Å². The van der Waals surface area contributed by atoms with E-state index < -0.39 is 0 Å². The molecule has 1 heterocycles. The molecular weight excluding hydrogens is 311 g/mol. The maximum atomic E-state index is 12.1. The highest BCUT2D eigenvalue weighted by atomic mass is 35.5. The van der Waals surface area contributed by atoms with E-state index in [1.807, 2.05) is 17.9 Å². The first-order valence-corrected chi connectivity index (χ1v) is 7.84. The molecule has 116 valence electrons. The number of rotatable bonds is 5. The summed E-state index contributed by atoms with van der Waals surface area (Å²) in [6.45, 7) is 4.54. The Hall–Kier alpha value is -0.970. The number of carbonyl (C=O) groups is 1. The molecule has 0 saturated carbocycles. The van der Waals surface area contributed by atoms with Crippen molar-refractivity contribution in [1.29, 1.82) is 0 Å². The average Bonchev–Trinajstić information content (AvgIpc) is 2.96. The minimum atomic E-state index is 0.122. The van der Waals surface area contributed by atoms with Gasteiger partial charge in [0.1, 0.15) is 5.75 Å². The number of nitrogens with one attached hydrogen (secondary N) is 1.